The van der Waals surface area contributed by atoms with Crippen LogP contribution < -0.4 is 16.8 Å². The maximum Gasteiger partial charge on any atom is 0.198 e. The first-order chi connectivity index (χ1) is 7.08. The average molecular weight is 212 g/mol. The number of imidazole rings is 1. The largest absolute Gasteiger partial charge is 0.390 e. The second-order valence-corrected chi connectivity index (χ2v) is 3.16. The van der Waals surface area contributed by atoms with Gasteiger partial charge in [0.15, 0.2) is 11.9 Å². The predicted octanol–water partition coefficient (Wildman–Crippen LogP) is -0.582. The summed E-state index contributed by atoms with van der Waals surface area (Å²) in [4.78, 5) is 6.80. The maximum absolute atomic E-state index is 9.07. The fraction of sp³-hybridized carbons (Fsp3) is 0.500. The van der Waals surface area contributed by atoms with E-state index in [1.54, 1.807) is 0 Å². The molecular weight excluding hydrogens is 196 g/mol. The van der Waals surface area contributed by atoms with Gasteiger partial charge in [-0.15, -0.1) is 0 Å². The molecule has 0 aliphatic rings. The molecule has 0 saturated carbocycles. The van der Waals surface area contributed by atoms with E-state index < -0.39 is 0 Å². The fourth-order valence-corrected chi connectivity index (χ4v) is 1.40. The molecular formula is C8H16N6O. The van der Waals surface area contributed by atoms with Gasteiger partial charge in [0.1, 0.15) is 0 Å². The summed E-state index contributed by atoms with van der Waals surface area (Å²) >= 11 is 0. The van der Waals surface area contributed by atoms with Gasteiger partial charge in [-0.3, -0.25) is 5.41 Å². The van der Waals surface area contributed by atoms with Gasteiger partial charge in [-0.2, -0.15) is 0 Å². The molecule has 1 unspecified atom stereocenters. The molecule has 0 aliphatic heterocycles. The molecule has 0 spiro atoms. The van der Waals surface area contributed by atoms with E-state index in [-0.39, 0.29) is 24.6 Å². The number of nitrogens with two attached hydrogens (primary N) is 2. The second kappa shape index (κ2) is 4.65. The highest BCUT2D eigenvalue weighted by molar-refractivity contribution is 5.74. The van der Waals surface area contributed by atoms with E-state index in [9.17, 15) is 0 Å². The van der Waals surface area contributed by atoms with Crippen LogP contribution in [0.5, 0.6) is 0 Å². The van der Waals surface area contributed by atoms with Crippen molar-refractivity contribution in [2.45, 2.75) is 26.0 Å². The standard InChI is InChI=1S/C8H16N6O/c1-2-4(12-7(9)10)6-5(3-15)13-8(11)14-6/h4,15H,2-3H2,1H3,(H4,9,10,12)(H3,11,13,14). The van der Waals surface area contributed by atoms with E-state index in [0.29, 0.717) is 17.8 Å². The molecule has 15 heavy (non-hydrogen) atoms. The minimum absolute atomic E-state index is 0.132. The van der Waals surface area contributed by atoms with Crippen molar-refractivity contribution in [3.63, 3.8) is 0 Å². The van der Waals surface area contributed by atoms with Crippen LogP contribution in [0.2, 0.25) is 0 Å². The number of nitrogen functional groups attached to an aromatic ring is 1. The Morgan fingerprint density at radius 3 is 2.87 bits per heavy atom. The number of aromatic amines is 1. The minimum Gasteiger partial charge on any atom is -0.390 e. The molecule has 1 atom stereocenters. The summed E-state index contributed by atoms with van der Waals surface area (Å²) in [6.45, 7) is 1.75. The molecule has 0 amide bonds. The van der Waals surface area contributed by atoms with Crippen LogP contribution in [0.1, 0.15) is 30.8 Å². The second-order valence-electron chi connectivity index (χ2n) is 3.16. The number of H-pyrrole nitrogens is 1. The van der Waals surface area contributed by atoms with Crippen LogP contribution >= 0.6 is 0 Å². The zero-order valence-corrected chi connectivity index (χ0v) is 8.54. The van der Waals surface area contributed by atoms with E-state index in [0.717, 1.165) is 0 Å². The van der Waals surface area contributed by atoms with Crippen LogP contribution in [-0.2, 0) is 6.61 Å². The molecule has 0 bridgehead atoms. The quantitative estimate of drug-likeness (QED) is 0.293. The summed E-state index contributed by atoms with van der Waals surface area (Å²) in [5.41, 5.74) is 11.9. The van der Waals surface area contributed by atoms with E-state index in [2.05, 4.69) is 15.3 Å². The molecule has 0 radical (unpaired) electrons. The van der Waals surface area contributed by atoms with Crippen molar-refractivity contribution in [1.82, 2.24) is 15.3 Å². The van der Waals surface area contributed by atoms with E-state index >= 15 is 0 Å². The fourth-order valence-electron chi connectivity index (χ4n) is 1.40. The van der Waals surface area contributed by atoms with Crippen molar-refractivity contribution < 1.29 is 5.11 Å². The number of aliphatic hydroxyl groups excluding tert-OH is 1. The Morgan fingerprint density at radius 1 is 1.73 bits per heavy atom. The zero-order chi connectivity index (χ0) is 11.4. The van der Waals surface area contributed by atoms with Crippen LogP contribution in [0.15, 0.2) is 0 Å². The lowest BCUT2D eigenvalue weighted by Gasteiger charge is -2.15. The number of aromatic nitrogens is 2. The number of guanidine groups is 1. The average Bonchev–Trinajstić information content (AvgIpc) is 2.55. The first-order valence-electron chi connectivity index (χ1n) is 4.64. The molecule has 0 aliphatic carbocycles. The highest BCUT2D eigenvalue weighted by atomic mass is 16.3. The molecule has 7 nitrogen and oxygen atoms in total. The molecule has 0 fully saturated rings. The number of hydrogen-bond donors (Lipinski definition) is 6. The molecule has 1 heterocycles. The summed E-state index contributed by atoms with van der Waals surface area (Å²) in [6.07, 6.45) is 0.691. The molecule has 8 N–H and O–H groups in total. The zero-order valence-electron chi connectivity index (χ0n) is 8.54. The van der Waals surface area contributed by atoms with Crippen LogP contribution in [0.25, 0.3) is 0 Å². The molecule has 0 saturated heterocycles. The Hall–Kier alpha value is -1.76. The van der Waals surface area contributed by atoms with Crippen LogP contribution in [0, 0.1) is 5.41 Å². The smallest absolute Gasteiger partial charge is 0.198 e. The molecule has 84 valence electrons. The van der Waals surface area contributed by atoms with Gasteiger partial charge in [-0.05, 0) is 6.42 Å². The molecule has 1 aromatic heterocycles. The number of anilines is 1. The van der Waals surface area contributed by atoms with Crippen molar-refractivity contribution in [2.75, 3.05) is 5.73 Å². The van der Waals surface area contributed by atoms with Gasteiger partial charge in [0, 0.05) is 0 Å². The maximum atomic E-state index is 9.07. The minimum atomic E-state index is -0.210. The summed E-state index contributed by atoms with van der Waals surface area (Å²) in [5, 5.41) is 19.0. The first kappa shape index (κ1) is 11.3. The van der Waals surface area contributed by atoms with Crippen molar-refractivity contribution >= 4 is 11.9 Å². The topological polar surface area (TPSA) is 137 Å². The molecule has 0 aromatic carbocycles. The first-order valence-corrected chi connectivity index (χ1v) is 4.64. The lowest BCUT2D eigenvalue weighted by atomic mass is 10.1. The van der Waals surface area contributed by atoms with Gasteiger partial charge in [-0.1, -0.05) is 6.92 Å². The van der Waals surface area contributed by atoms with Gasteiger partial charge in [0.05, 0.1) is 24.0 Å². The molecule has 1 rings (SSSR count). The number of aliphatic hydroxyl groups is 1. The van der Waals surface area contributed by atoms with E-state index in [1.807, 2.05) is 6.92 Å². The number of rotatable bonds is 4. The van der Waals surface area contributed by atoms with Crippen LogP contribution in [-0.4, -0.2) is 21.0 Å². The Labute approximate surface area is 87.4 Å². The van der Waals surface area contributed by atoms with Crippen molar-refractivity contribution in [3.8, 4) is 0 Å². The lowest BCUT2D eigenvalue weighted by Crippen LogP contribution is -2.34. The van der Waals surface area contributed by atoms with Gasteiger partial charge >= 0.3 is 0 Å². The Balaban J connectivity index is 2.94. The molecule has 7 heteroatoms. The third-order valence-electron chi connectivity index (χ3n) is 2.06. The summed E-state index contributed by atoms with van der Waals surface area (Å²) < 4.78 is 0. The normalized spacial score (nSPS) is 12.4. The van der Waals surface area contributed by atoms with Crippen molar-refractivity contribution in [2.24, 2.45) is 5.73 Å². The van der Waals surface area contributed by atoms with E-state index in [4.69, 9.17) is 22.0 Å². The van der Waals surface area contributed by atoms with Gasteiger partial charge < -0.3 is 26.9 Å². The van der Waals surface area contributed by atoms with Crippen molar-refractivity contribution in [1.29, 1.82) is 5.41 Å². The van der Waals surface area contributed by atoms with E-state index in [1.165, 1.54) is 0 Å². The van der Waals surface area contributed by atoms with Crippen LogP contribution in [0.4, 0.5) is 5.95 Å². The summed E-state index contributed by atoms with van der Waals surface area (Å²) in [5.74, 6) is 0.116. The van der Waals surface area contributed by atoms with Crippen molar-refractivity contribution in [3.05, 3.63) is 11.4 Å². The molecule has 1 aromatic rings. The van der Waals surface area contributed by atoms with Gasteiger partial charge in [0.2, 0.25) is 0 Å². The Bertz CT molecular complexity index is 347. The Morgan fingerprint density at radius 2 is 2.40 bits per heavy atom. The number of nitrogens with zero attached hydrogens (tertiary/aromatic N) is 1. The SMILES string of the molecule is CCC(NC(=N)N)c1nc(N)[nH]c1CO. The number of hydrogen-bond acceptors (Lipinski definition) is 4. The third kappa shape index (κ3) is 2.59. The predicted molar refractivity (Wildman–Crippen MR) is 57.0 cm³/mol. The highest BCUT2D eigenvalue weighted by Crippen LogP contribution is 2.19. The summed E-state index contributed by atoms with van der Waals surface area (Å²) in [7, 11) is 0. The number of nitrogens with one attached hydrogen (secondary N) is 3. The third-order valence-corrected chi connectivity index (χ3v) is 2.06. The monoisotopic (exact) mass is 212 g/mol. The van der Waals surface area contributed by atoms with Crippen LogP contribution in [0.3, 0.4) is 0 Å². The van der Waals surface area contributed by atoms with Gasteiger partial charge in [0.25, 0.3) is 0 Å². The summed E-state index contributed by atoms with van der Waals surface area (Å²) in [6, 6.07) is -0.210. The van der Waals surface area contributed by atoms with Gasteiger partial charge in [-0.25, -0.2) is 4.98 Å². The lowest BCUT2D eigenvalue weighted by molar-refractivity contribution is 0.275. The highest BCUT2D eigenvalue weighted by Gasteiger charge is 2.17. The Kier molecular flexibility index (Phi) is 3.51.